The molecule has 0 aromatic rings. The molecule has 0 unspecified atom stereocenters. The van der Waals surface area contributed by atoms with E-state index in [1.165, 1.54) is 0 Å². The van der Waals surface area contributed by atoms with E-state index in [1.807, 2.05) is 27.7 Å². The van der Waals surface area contributed by atoms with Gasteiger partial charge < -0.3 is 19.7 Å². The Balaban J connectivity index is -0.000000118. The summed E-state index contributed by atoms with van der Waals surface area (Å²) in [5.41, 5.74) is 0. The molecule has 9 heteroatoms. The summed E-state index contributed by atoms with van der Waals surface area (Å²) in [6.45, 7) is 7.48. The lowest BCUT2D eigenvalue weighted by Crippen LogP contribution is -1.98. The first-order chi connectivity index (χ1) is 11.6. The topological polar surface area (TPSA) is 138 Å². The van der Waals surface area contributed by atoms with E-state index in [0.717, 1.165) is 25.7 Å². The second-order valence-corrected chi connectivity index (χ2v) is 5.17. The normalized spacial score (nSPS) is 8.32. The van der Waals surface area contributed by atoms with Gasteiger partial charge in [-0.05, 0) is 25.7 Å². The summed E-state index contributed by atoms with van der Waals surface area (Å²) in [7, 11) is 0.538. The van der Waals surface area contributed by atoms with Gasteiger partial charge in [0.05, 0.1) is 0 Å². The average Bonchev–Trinajstić information content (AvgIpc) is 2.49. The molecule has 25 heavy (non-hydrogen) atoms. The third kappa shape index (κ3) is 61.0. The number of hydrogen-bond donors (Lipinski definition) is 3. The molecule has 0 bridgehead atoms. The van der Waals surface area contributed by atoms with E-state index in [9.17, 15) is 19.2 Å². The van der Waals surface area contributed by atoms with Crippen molar-refractivity contribution < 1.29 is 38.9 Å². The molecule has 8 nitrogen and oxygen atoms in total. The van der Waals surface area contributed by atoms with E-state index in [-0.39, 0.29) is 5.97 Å². The summed E-state index contributed by atoms with van der Waals surface area (Å²) in [6.07, 6.45) is 4.53. The molecule has 0 aromatic heterocycles. The van der Waals surface area contributed by atoms with Crippen molar-refractivity contribution in [1.82, 2.24) is 0 Å². The van der Waals surface area contributed by atoms with Crippen LogP contribution in [0.2, 0.25) is 0 Å². The van der Waals surface area contributed by atoms with Crippen LogP contribution in [-0.4, -0.2) is 49.7 Å². The quantitative estimate of drug-likeness (QED) is 0.543. The minimum Gasteiger partial charge on any atom is -0.529 e. The first kappa shape index (κ1) is 30.9. The van der Waals surface area contributed by atoms with Crippen molar-refractivity contribution in [3.63, 3.8) is 0 Å². The summed E-state index contributed by atoms with van der Waals surface area (Å²) in [4.78, 5) is 39.0. The molecule has 0 saturated carbocycles. The third-order valence-corrected chi connectivity index (χ3v) is 2.53. The maximum atomic E-state index is 10.2. The van der Waals surface area contributed by atoms with Crippen LogP contribution in [0, 0.1) is 0 Å². The number of carbonyl (C=O) groups excluding carboxylic acids is 1. The molecule has 3 N–H and O–H groups in total. The molecular formula is C16H34O8Si. The smallest absolute Gasteiger partial charge is 0.303 e. The van der Waals surface area contributed by atoms with Crippen molar-refractivity contribution in [1.29, 1.82) is 0 Å². The fourth-order valence-corrected chi connectivity index (χ4v) is 1.15. The van der Waals surface area contributed by atoms with Crippen LogP contribution in [0.25, 0.3) is 0 Å². The fourth-order valence-electron chi connectivity index (χ4n) is 0.948. The Hall–Kier alpha value is -1.90. The number of aliphatic carboxylic acids is 3. The Morgan fingerprint density at radius 1 is 0.640 bits per heavy atom. The molecular weight excluding hydrogens is 348 g/mol. The van der Waals surface area contributed by atoms with Gasteiger partial charge in [-0.25, -0.2) is 0 Å². The van der Waals surface area contributed by atoms with E-state index in [4.69, 9.17) is 15.3 Å². The summed E-state index contributed by atoms with van der Waals surface area (Å²) in [6, 6.07) is 0. The van der Waals surface area contributed by atoms with Crippen LogP contribution in [0.4, 0.5) is 0 Å². The van der Waals surface area contributed by atoms with Gasteiger partial charge in [0.15, 0.2) is 0 Å². The fraction of sp³-hybridized carbons (Fsp3) is 0.750. The van der Waals surface area contributed by atoms with Crippen molar-refractivity contribution in [2.75, 3.05) is 0 Å². The molecule has 0 aliphatic heterocycles. The minimum absolute atomic E-state index is 0.0610. The molecule has 0 fully saturated rings. The monoisotopic (exact) mass is 382 g/mol. The minimum atomic E-state index is -0.711. The molecule has 0 aliphatic carbocycles. The molecule has 0 aromatic carbocycles. The van der Waals surface area contributed by atoms with Crippen LogP contribution in [-0.2, 0) is 23.6 Å². The zero-order valence-electron chi connectivity index (χ0n) is 16.0. The van der Waals surface area contributed by atoms with Crippen molar-refractivity contribution in [2.24, 2.45) is 0 Å². The second kappa shape index (κ2) is 27.0. The van der Waals surface area contributed by atoms with Gasteiger partial charge in [-0.2, -0.15) is 0 Å². The highest BCUT2D eigenvalue weighted by Gasteiger charge is 1.92. The van der Waals surface area contributed by atoms with Crippen molar-refractivity contribution in [3.8, 4) is 0 Å². The van der Waals surface area contributed by atoms with E-state index < -0.39 is 17.9 Å². The lowest BCUT2D eigenvalue weighted by Gasteiger charge is -1.92. The summed E-state index contributed by atoms with van der Waals surface area (Å²) in [5, 5.41) is 23.7. The molecule has 0 aliphatic rings. The third-order valence-electron chi connectivity index (χ3n) is 2.07. The van der Waals surface area contributed by atoms with Crippen LogP contribution in [0.3, 0.4) is 0 Å². The predicted octanol–water partition coefficient (Wildman–Crippen LogP) is 2.22. The molecule has 150 valence electrons. The first-order valence-corrected chi connectivity index (χ1v) is 9.16. The van der Waals surface area contributed by atoms with Crippen molar-refractivity contribution >= 4 is 34.4 Å². The zero-order valence-corrected chi connectivity index (χ0v) is 18.0. The van der Waals surface area contributed by atoms with Crippen LogP contribution >= 0.6 is 0 Å². The Morgan fingerprint density at radius 2 is 0.880 bits per heavy atom. The van der Waals surface area contributed by atoms with Crippen LogP contribution in [0.5, 0.6) is 0 Å². The van der Waals surface area contributed by atoms with E-state index in [1.54, 1.807) is 0 Å². The summed E-state index contributed by atoms with van der Waals surface area (Å²) in [5.74, 6) is -2.19. The highest BCUT2D eigenvalue weighted by Crippen LogP contribution is 1.86. The molecule has 0 spiro atoms. The van der Waals surface area contributed by atoms with Gasteiger partial charge in [-0.15, -0.1) is 0 Å². The van der Waals surface area contributed by atoms with Gasteiger partial charge in [0.25, 0.3) is 5.97 Å². The highest BCUT2D eigenvalue weighted by molar-refractivity contribution is 6.05. The number of carboxylic acid groups (broad SMARTS) is 3. The van der Waals surface area contributed by atoms with Gasteiger partial charge in [0, 0.05) is 25.7 Å². The molecule has 0 amide bonds. The van der Waals surface area contributed by atoms with Gasteiger partial charge in [0.1, 0.15) is 0 Å². The Labute approximate surface area is 153 Å². The van der Waals surface area contributed by atoms with Gasteiger partial charge in [-0.1, -0.05) is 27.7 Å². The SMILES string of the molecule is CCCC(=O)O.CCCC(=O)O.CCCC(=O)O.CCCC(=O)O[SiH3]. The molecule has 0 radical (unpaired) electrons. The molecule has 0 heterocycles. The van der Waals surface area contributed by atoms with Gasteiger partial charge in [0.2, 0.25) is 10.5 Å². The molecule has 0 rings (SSSR count). The average molecular weight is 383 g/mol. The predicted molar refractivity (Wildman–Crippen MR) is 98.6 cm³/mol. The van der Waals surface area contributed by atoms with Gasteiger partial charge >= 0.3 is 17.9 Å². The number of carbonyl (C=O) groups is 4. The Kier molecular flexibility index (Phi) is 33.4. The lowest BCUT2D eigenvalue weighted by molar-refractivity contribution is -0.138. The van der Waals surface area contributed by atoms with E-state index >= 15 is 0 Å². The van der Waals surface area contributed by atoms with Gasteiger partial charge in [-0.3, -0.25) is 19.2 Å². The number of rotatable bonds is 8. The van der Waals surface area contributed by atoms with E-state index in [2.05, 4.69) is 4.43 Å². The zero-order chi connectivity index (χ0) is 20.7. The van der Waals surface area contributed by atoms with Crippen molar-refractivity contribution in [2.45, 2.75) is 79.1 Å². The van der Waals surface area contributed by atoms with E-state index in [0.29, 0.717) is 36.2 Å². The Bertz CT molecular complexity index is 307. The number of hydrogen-bond acceptors (Lipinski definition) is 5. The van der Waals surface area contributed by atoms with Crippen LogP contribution in [0.15, 0.2) is 0 Å². The highest BCUT2D eigenvalue weighted by atomic mass is 28.2. The summed E-state index contributed by atoms with van der Waals surface area (Å²) < 4.78 is 4.49. The molecule has 0 saturated heterocycles. The molecule has 0 atom stereocenters. The van der Waals surface area contributed by atoms with Crippen LogP contribution < -0.4 is 0 Å². The first-order valence-electron chi connectivity index (χ1n) is 8.34. The maximum absolute atomic E-state index is 10.2. The lowest BCUT2D eigenvalue weighted by atomic mass is 10.4. The second-order valence-electron chi connectivity index (χ2n) is 4.76. The summed E-state index contributed by atoms with van der Waals surface area (Å²) >= 11 is 0. The number of carboxylic acids is 3. The largest absolute Gasteiger partial charge is 0.529 e. The Morgan fingerprint density at radius 3 is 0.920 bits per heavy atom. The maximum Gasteiger partial charge on any atom is 0.303 e. The van der Waals surface area contributed by atoms with Crippen LogP contribution in [0.1, 0.15) is 79.1 Å². The van der Waals surface area contributed by atoms with Crippen molar-refractivity contribution in [3.05, 3.63) is 0 Å². The standard InChI is InChI=1S/C4H10O2Si.3C4H8O2/c1-2-3-4(5)6-7;3*1-2-3-4(5)6/h2-3H2,1,7H3;3*2-3H2,1H3,(H,5,6).